The van der Waals surface area contributed by atoms with Crippen molar-refractivity contribution in [2.45, 2.75) is 13.0 Å². The van der Waals surface area contributed by atoms with Crippen LogP contribution in [0.15, 0.2) is 48.0 Å². The average molecular weight is 355 g/mol. The van der Waals surface area contributed by atoms with Crippen molar-refractivity contribution in [2.75, 3.05) is 18.5 Å². The molecule has 3 heterocycles. The standard InChI is InChI=1S/C18H17N3O3S/c22-18(11-13-3-4-15-16(10-13)24-8-7-23-15)20-17-5-6-19-21(17)12-14-2-1-9-25-14/h1-6,9-10H,7-8,11-12H2,(H,20,22). The van der Waals surface area contributed by atoms with Crippen LogP contribution in [0.25, 0.3) is 0 Å². The van der Waals surface area contributed by atoms with Gasteiger partial charge < -0.3 is 14.8 Å². The van der Waals surface area contributed by atoms with Crippen molar-refractivity contribution in [1.29, 1.82) is 0 Å². The average Bonchev–Trinajstić information content (AvgIpc) is 3.28. The quantitative estimate of drug-likeness (QED) is 0.764. The van der Waals surface area contributed by atoms with Crippen LogP contribution in [0.1, 0.15) is 10.4 Å². The normalized spacial score (nSPS) is 12.8. The number of hydrogen-bond donors (Lipinski definition) is 1. The summed E-state index contributed by atoms with van der Waals surface area (Å²) in [4.78, 5) is 13.6. The number of amides is 1. The van der Waals surface area contributed by atoms with Gasteiger partial charge in [-0.2, -0.15) is 5.10 Å². The molecule has 0 saturated heterocycles. The lowest BCUT2D eigenvalue weighted by molar-refractivity contribution is -0.115. The zero-order chi connectivity index (χ0) is 17.1. The first kappa shape index (κ1) is 15.7. The van der Waals surface area contributed by atoms with E-state index in [2.05, 4.69) is 10.4 Å². The van der Waals surface area contributed by atoms with E-state index in [0.717, 1.165) is 11.3 Å². The van der Waals surface area contributed by atoms with Crippen LogP contribution in [-0.2, 0) is 17.8 Å². The number of thiophene rings is 1. The molecule has 0 aliphatic carbocycles. The molecule has 1 aromatic carbocycles. The number of carbonyl (C=O) groups excluding carboxylic acids is 1. The molecule has 0 bridgehead atoms. The van der Waals surface area contributed by atoms with E-state index >= 15 is 0 Å². The predicted molar refractivity (Wildman–Crippen MR) is 95.4 cm³/mol. The Bertz CT molecular complexity index is 874. The minimum atomic E-state index is -0.0930. The summed E-state index contributed by atoms with van der Waals surface area (Å²) in [6.07, 6.45) is 1.95. The number of aromatic nitrogens is 2. The number of hydrogen-bond acceptors (Lipinski definition) is 5. The third-order valence-corrected chi connectivity index (χ3v) is 4.70. The van der Waals surface area contributed by atoms with Crippen LogP contribution in [0.3, 0.4) is 0 Å². The van der Waals surface area contributed by atoms with Gasteiger partial charge in [-0.1, -0.05) is 12.1 Å². The fourth-order valence-electron chi connectivity index (χ4n) is 2.69. The second-order valence-corrected chi connectivity index (χ2v) is 6.69. The van der Waals surface area contributed by atoms with Crippen LogP contribution in [0.2, 0.25) is 0 Å². The summed E-state index contributed by atoms with van der Waals surface area (Å²) in [5, 5.41) is 9.23. The van der Waals surface area contributed by atoms with Crippen molar-refractivity contribution in [3.8, 4) is 11.5 Å². The van der Waals surface area contributed by atoms with Crippen LogP contribution >= 0.6 is 11.3 Å². The first-order valence-electron chi connectivity index (χ1n) is 8.00. The van der Waals surface area contributed by atoms with Crippen molar-refractivity contribution >= 4 is 23.1 Å². The second-order valence-electron chi connectivity index (χ2n) is 5.66. The maximum absolute atomic E-state index is 12.4. The molecule has 0 spiro atoms. The number of anilines is 1. The molecule has 1 aliphatic heterocycles. The molecule has 1 aliphatic rings. The molecule has 128 valence electrons. The molecule has 4 rings (SSSR count). The number of ether oxygens (including phenoxy) is 2. The van der Waals surface area contributed by atoms with Crippen LogP contribution < -0.4 is 14.8 Å². The molecule has 0 saturated carbocycles. The number of nitrogens with one attached hydrogen (secondary N) is 1. The van der Waals surface area contributed by atoms with Gasteiger partial charge in [0.15, 0.2) is 11.5 Å². The Morgan fingerprint density at radius 2 is 2.08 bits per heavy atom. The molecule has 0 unspecified atom stereocenters. The monoisotopic (exact) mass is 355 g/mol. The van der Waals surface area contributed by atoms with E-state index in [1.165, 1.54) is 4.88 Å². The van der Waals surface area contributed by atoms with E-state index in [9.17, 15) is 4.79 Å². The van der Waals surface area contributed by atoms with Gasteiger partial charge >= 0.3 is 0 Å². The van der Waals surface area contributed by atoms with Crippen molar-refractivity contribution in [3.63, 3.8) is 0 Å². The smallest absolute Gasteiger partial charge is 0.229 e. The maximum Gasteiger partial charge on any atom is 0.229 e. The molecule has 25 heavy (non-hydrogen) atoms. The van der Waals surface area contributed by atoms with Crippen molar-refractivity contribution in [3.05, 3.63) is 58.4 Å². The Morgan fingerprint density at radius 1 is 1.20 bits per heavy atom. The molecular weight excluding hydrogens is 338 g/mol. The first-order valence-corrected chi connectivity index (χ1v) is 8.88. The zero-order valence-corrected chi connectivity index (χ0v) is 14.3. The molecule has 6 nitrogen and oxygen atoms in total. The van der Waals surface area contributed by atoms with Crippen molar-refractivity contribution in [2.24, 2.45) is 0 Å². The van der Waals surface area contributed by atoms with Crippen LogP contribution in [-0.4, -0.2) is 28.9 Å². The maximum atomic E-state index is 12.4. The second kappa shape index (κ2) is 6.98. The molecule has 2 aromatic heterocycles. The van der Waals surface area contributed by atoms with Crippen LogP contribution in [0, 0.1) is 0 Å². The van der Waals surface area contributed by atoms with Gasteiger partial charge in [0.05, 0.1) is 19.2 Å². The van der Waals surface area contributed by atoms with Gasteiger partial charge in [0.25, 0.3) is 0 Å². The van der Waals surface area contributed by atoms with Gasteiger partial charge in [-0.05, 0) is 29.1 Å². The largest absolute Gasteiger partial charge is 0.486 e. The summed E-state index contributed by atoms with van der Waals surface area (Å²) in [7, 11) is 0. The third kappa shape index (κ3) is 3.66. The summed E-state index contributed by atoms with van der Waals surface area (Å²) in [5.74, 6) is 2.02. The number of rotatable bonds is 5. The van der Waals surface area contributed by atoms with Crippen molar-refractivity contribution in [1.82, 2.24) is 9.78 Å². The number of fused-ring (bicyclic) bond motifs is 1. The van der Waals surface area contributed by atoms with E-state index in [-0.39, 0.29) is 12.3 Å². The Kier molecular flexibility index (Phi) is 4.39. The minimum absolute atomic E-state index is 0.0930. The summed E-state index contributed by atoms with van der Waals surface area (Å²) >= 11 is 1.67. The Labute approximate surface area is 149 Å². The Hall–Kier alpha value is -2.80. The highest BCUT2D eigenvalue weighted by molar-refractivity contribution is 7.09. The van der Waals surface area contributed by atoms with Gasteiger partial charge in [-0.3, -0.25) is 4.79 Å². The fourth-order valence-corrected chi connectivity index (χ4v) is 3.37. The summed E-state index contributed by atoms with van der Waals surface area (Å²) in [6.45, 7) is 1.73. The molecule has 1 amide bonds. The summed E-state index contributed by atoms with van der Waals surface area (Å²) in [6, 6.07) is 11.4. The van der Waals surface area contributed by atoms with E-state index in [1.807, 2.05) is 35.7 Å². The molecule has 1 N–H and O–H groups in total. The van der Waals surface area contributed by atoms with E-state index in [1.54, 1.807) is 28.3 Å². The molecule has 0 atom stereocenters. The highest BCUT2D eigenvalue weighted by Gasteiger charge is 2.14. The number of nitrogens with zero attached hydrogens (tertiary/aromatic N) is 2. The predicted octanol–water partition coefficient (Wildman–Crippen LogP) is 2.95. The van der Waals surface area contributed by atoms with Crippen LogP contribution in [0.4, 0.5) is 5.82 Å². The van der Waals surface area contributed by atoms with E-state index < -0.39 is 0 Å². The fraction of sp³-hybridized carbons (Fsp3) is 0.222. The lowest BCUT2D eigenvalue weighted by Crippen LogP contribution is -2.18. The van der Waals surface area contributed by atoms with Gasteiger partial charge in [0, 0.05) is 10.9 Å². The minimum Gasteiger partial charge on any atom is -0.486 e. The SMILES string of the molecule is O=C(Cc1ccc2c(c1)OCCO2)Nc1ccnn1Cc1cccs1. The van der Waals surface area contributed by atoms with Gasteiger partial charge in [0.1, 0.15) is 19.0 Å². The van der Waals surface area contributed by atoms with Gasteiger partial charge in [-0.15, -0.1) is 11.3 Å². The molecule has 7 heteroatoms. The number of carbonyl (C=O) groups is 1. The number of benzene rings is 1. The van der Waals surface area contributed by atoms with Crippen LogP contribution in [0.5, 0.6) is 11.5 Å². The van der Waals surface area contributed by atoms with Crippen molar-refractivity contribution < 1.29 is 14.3 Å². The highest BCUT2D eigenvalue weighted by Crippen LogP contribution is 2.30. The van der Waals surface area contributed by atoms with E-state index in [0.29, 0.717) is 31.3 Å². The molecular formula is C18H17N3O3S. The lowest BCUT2D eigenvalue weighted by atomic mass is 10.1. The lowest BCUT2D eigenvalue weighted by Gasteiger charge is -2.18. The van der Waals surface area contributed by atoms with Gasteiger partial charge in [-0.25, -0.2) is 4.68 Å². The van der Waals surface area contributed by atoms with Gasteiger partial charge in [0.2, 0.25) is 5.91 Å². The Morgan fingerprint density at radius 3 is 2.92 bits per heavy atom. The highest BCUT2D eigenvalue weighted by atomic mass is 32.1. The topological polar surface area (TPSA) is 65.4 Å². The van der Waals surface area contributed by atoms with E-state index in [4.69, 9.17) is 9.47 Å². The molecule has 0 fully saturated rings. The first-order chi connectivity index (χ1) is 12.3. The third-order valence-electron chi connectivity index (χ3n) is 3.84. The molecule has 0 radical (unpaired) electrons. The summed E-state index contributed by atoms with van der Waals surface area (Å²) in [5.41, 5.74) is 0.881. The Balaban J connectivity index is 1.42. The zero-order valence-electron chi connectivity index (χ0n) is 13.5. The molecule has 3 aromatic rings. The summed E-state index contributed by atoms with van der Waals surface area (Å²) < 4.78 is 12.8.